The lowest BCUT2D eigenvalue weighted by Gasteiger charge is -2.22. The molecule has 19 heavy (non-hydrogen) atoms. The number of rotatable bonds is 3. The van der Waals surface area contributed by atoms with Gasteiger partial charge in [-0.3, -0.25) is 0 Å². The highest BCUT2D eigenvalue weighted by atomic mass is 32.2. The summed E-state index contributed by atoms with van der Waals surface area (Å²) < 4.78 is 10.8. The Morgan fingerprint density at radius 2 is 2.26 bits per heavy atom. The number of carbonyl (C=O) groups is 1. The highest BCUT2D eigenvalue weighted by Crippen LogP contribution is 2.13. The minimum atomic E-state index is -0.256. The van der Waals surface area contributed by atoms with Crippen LogP contribution in [0.5, 0.6) is 0 Å². The number of ether oxygens (including phenoxy) is 2. The Bertz CT molecular complexity index is 399. The van der Waals surface area contributed by atoms with Gasteiger partial charge >= 0.3 is 6.09 Å². The summed E-state index contributed by atoms with van der Waals surface area (Å²) in [6.07, 6.45) is 1.78. The Hall–Kier alpha value is -1.20. The minimum absolute atomic E-state index is 0.256. The topological polar surface area (TPSA) is 38.8 Å². The number of nitrogens with zero attached hydrogens (tertiary/aromatic N) is 1. The first-order chi connectivity index (χ1) is 9.29. The normalized spacial score (nSPS) is 19.8. The van der Waals surface area contributed by atoms with Gasteiger partial charge in [0.05, 0.1) is 13.2 Å². The van der Waals surface area contributed by atoms with Crippen molar-refractivity contribution in [2.45, 2.75) is 11.9 Å². The van der Waals surface area contributed by atoms with Crippen LogP contribution in [0.3, 0.4) is 0 Å². The predicted octanol–water partition coefficient (Wildman–Crippen LogP) is 2.39. The third kappa shape index (κ3) is 4.44. The van der Waals surface area contributed by atoms with Crippen LogP contribution >= 0.6 is 11.8 Å². The Balaban J connectivity index is 1.84. The molecule has 1 aromatic rings. The van der Waals surface area contributed by atoms with Gasteiger partial charge in [0, 0.05) is 18.3 Å². The molecule has 1 fully saturated rings. The molecule has 1 atom stereocenters. The number of thioether (sulfide) groups is 1. The van der Waals surface area contributed by atoms with Crippen molar-refractivity contribution in [2.24, 2.45) is 0 Å². The zero-order chi connectivity index (χ0) is 13.5. The Labute approximate surface area is 118 Å². The summed E-state index contributed by atoms with van der Waals surface area (Å²) in [4.78, 5) is 13.8. The summed E-state index contributed by atoms with van der Waals surface area (Å²) in [5.41, 5.74) is 1.00. The van der Waals surface area contributed by atoms with Gasteiger partial charge < -0.3 is 14.4 Å². The van der Waals surface area contributed by atoms with Crippen molar-refractivity contribution in [3.8, 4) is 0 Å². The molecule has 1 aliphatic heterocycles. The highest BCUT2D eigenvalue weighted by molar-refractivity contribution is 7.99. The van der Waals surface area contributed by atoms with E-state index in [1.54, 1.807) is 16.7 Å². The van der Waals surface area contributed by atoms with E-state index in [0.717, 1.165) is 5.56 Å². The molecule has 104 valence electrons. The number of hydrogen-bond acceptors (Lipinski definition) is 4. The molecule has 2 rings (SSSR count). The molecule has 0 saturated carbocycles. The van der Waals surface area contributed by atoms with Gasteiger partial charge in [0.15, 0.2) is 0 Å². The number of carbonyl (C=O) groups excluding carboxylic acids is 1. The molecule has 1 aromatic carbocycles. The molecule has 1 saturated heterocycles. The largest absolute Gasteiger partial charge is 0.445 e. The summed E-state index contributed by atoms with van der Waals surface area (Å²) in [7, 11) is 0. The lowest BCUT2D eigenvalue weighted by molar-refractivity contribution is 0.0917. The van der Waals surface area contributed by atoms with E-state index in [-0.39, 0.29) is 6.09 Å². The second-order valence-electron chi connectivity index (χ2n) is 4.42. The fraction of sp³-hybridized carbons (Fsp3) is 0.500. The standard InChI is InChI=1S/C14H19NO3S/c1-19-13-9-15(7-8-17-11-13)14(16)18-10-12-5-3-2-4-6-12/h2-6,13H,7-11H2,1H3. The van der Waals surface area contributed by atoms with E-state index in [9.17, 15) is 4.79 Å². The van der Waals surface area contributed by atoms with Gasteiger partial charge in [0.2, 0.25) is 0 Å². The number of hydrogen-bond donors (Lipinski definition) is 0. The molecule has 1 unspecified atom stereocenters. The van der Waals surface area contributed by atoms with Gasteiger partial charge in [-0.05, 0) is 11.8 Å². The smallest absolute Gasteiger partial charge is 0.410 e. The second-order valence-corrected chi connectivity index (χ2v) is 5.56. The van der Waals surface area contributed by atoms with Crippen molar-refractivity contribution in [3.05, 3.63) is 35.9 Å². The van der Waals surface area contributed by atoms with E-state index in [1.165, 1.54) is 0 Å². The average Bonchev–Trinajstić information content (AvgIpc) is 2.71. The van der Waals surface area contributed by atoms with Crippen LogP contribution in [0.15, 0.2) is 30.3 Å². The third-order valence-corrected chi connectivity index (χ3v) is 3.98. The molecule has 4 nitrogen and oxygen atoms in total. The van der Waals surface area contributed by atoms with Crippen molar-refractivity contribution < 1.29 is 14.3 Å². The maximum absolute atomic E-state index is 12.0. The summed E-state index contributed by atoms with van der Waals surface area (Å²) in [5.74, 6) is 0. The second kappa shape index (κ2) is 7.40. The molecule has 1 aliphatic rings. The van der Waals surface area contributed by atoms with E-state index in [1.807, 2.05) is 36.6 Å². The van der Waals surface area contributed by atoms with Gasteiger partial charge in [-0.15, -0.1) is 0 Å². The predicted molar refractivity (Wildman–Crippen MR) is 76.3 cm³/mol. The Morgan fingerprint density at radius 3 is 3.00 bits per heavy atom. The SMILES string of the molecule is CSC1COCCN(C(=O)OCc2ccccc2)C1. The zero-order valence-corrected chi connectivity index (χ0v) is 11.9. The van der Waals surface area contributed by atoms with Crippen molar-refractivity contribution >= 4 is 17.9 Å². The molecule has 0 N–H and O–H groups in total. The van der Waals surface area contributed by atoms with Crippen LogP contribution in [-0.4, -0.2) is 48.8 Å². The Kier molecular flexibility index (Phi) is 5.54. The maximum atomic E-state index is 12.0. The van der Waals surface area contributed by atoms with E-state index in [4.69, 9.17) is 9.47 Å². The van der Waals surface area contributed by atoms with Crippen LogP contribution in [-0.2, 0) is 16.1 Å². The lowest BCUT2D eigenvalue weighted by Crippen LogP contribution is -2.37. The van der Waals surface area contributed by atoms with Crippen molar-refractivity contribution in [1.82, 2.24) is 4.90 Å². The average molecular weight is 281 g/mol. The molecule has 1 heterocycles. The first-order valence-corrected chi connectivity index (χ1v) is 7.64. The number of amides is 1. The van der Waals surface area contributed by atoms with E-state index in [0.29, 0.717) is 38.2 Å². The fourth-order valence-corrected chi connectivity index (χ4v) is 2.46. The molecule has 0 aliphatic carbocycles. The molecule has 0 bridgehead atoms. The van der Waals surface area contributed by atoms with Crippen LogP contribution in [0.25, 0.3) is 0 Å². The molecule has 5 heteroatoms. The monoisotopic (exact) mass is 281 g/mol. The number of benzene rings is 1. The Morgan fingerprint density at radius 1 is 1.47 bits per heavy atom. The van der Waals surface area contributed by atoms with Crippen LogP contribution in [0.4, 0.5) is 4.79 Å². The van der Waals surface area contributed by atoms with Crippen LogP contribution in [0.1, 0.15) is 5.56 Å². The quantitative estimate of drug-likeness (QED) is 0.853. The third-order valence-electron chi connectivity index (χ3n) is 3.03. The first-order valence-electron chi connectivity index (χ1n) is 6.36. The highest BCUT2D eigenvalue weighted by Gasteiger charge is 2.22. The van der Waals surface area contributed by atoms with Crippen LogP contribution in [0.2, 0.25) is 0 Å². The minimum Gasteiger partial charge on any atom is -0.445 e. The lowest BCUT2D eigenvalue weighted by atomic mass is 10.2. The van der Waals surface area contributed by atoms with Gasteiger partial charge in [-0.1, -0.05) is 30.3 Å². The van der Waals surface area contributed by atoms with Gasteiger partial charge in [-0.25, -0.2) is 4.79 Å². The maximum Gasteiger partial charge on any atom is 0.410 e. The van der Waals surface area contributed by atoms with Gasteiger partial charge in [0.1, 0.15) is 6.61 Å². The van der Waals surface area contributed by atoms with Gasteiger partial charge in [0.25, 0.3) is 0 Å². The molecular weight excluding hydrogens is 262 g/mol. The van der Waals surface area contributed by atoms with Crippen molar-refractivity contribution in [3.63, 3.8) is 0 Å². The molecule has 0 aromatic heterocycles. The summed E-state index contributed by atoms with van der Waals surface area (Å²) in [6, 6.07) is 9.72. The van der Waals surface area contributed by atoms with Crippen molar-refractivity contribution in [2.75, 3.05) is 32.6 Å². The van der Waals surface area contributed by atoms with Crippen LogP contribution in [0, 0.1) is 0 Å². The van der Waals surface area contributed by atoms with E-state index >= 15 is 0 Å². The van der Waals surface area contributed by atoms with Gasteiger partial charge in [-0.2, -0.15) is 11.8 Å². The molecule has 1 amide bonds. The molecule has 0 spiro atoms. The van der Waals surface area contributed by atoms with E-state index in [2.05, 4.69) is 0 Å². The van der Waals surface area contributed by atoms with Crippen LogP contribution < -0.4 is 0 Å². The summed E-state index contributed by atoms with van der Waals surface area (Å²) in [5, 5.41) is 0.326. The van der Waals surface area contributed by atoms with E-state index < -0.39 is 0 Å². The fourth-order valence-electron chi connectivity index (χ4n) is 1.90. The summed E-state index contributed by atoms with van der Waals surface area (Å²) >= 11 is 1.72. The first kappa shape index (κ1) is 14.2. The molecular formula is C14H19NO3S. The zero-order valence-electron chi connectivity index (χ0n) is 11.1. The molecule has 0 radical (unpaired) electrons. The summed E-state index contributed by atoms with van der Waals surface area (Å²) in [6.45, 7) is 2.89. The van der Waals surface area contributed by atoms with Crippen molar-refractivity contribution in [1.29, 1.82) is 0 Å².